The maximum Gasteiger partial charge on any atom is 0.323 e. The zero-order chi connectivity index (χ0) is 31.6. The van der Waals surface area contributed by atoms with Crippen LogP contribution in [0.25, 0.3) is 11.1 Å². The molecule has 0 saturated carbocycles. The van der Waals surface area contributed by atoms with E-state index in [0.717, 1.165) is 72.5 Å². The molecule has 1 N–H and O–H groups in total. The fraction of sp³-hybridized carbons (Fsp3) is 0.226. The number of aromatic nitrogens is 6. The number of anilines is 2. The largest absolute Gasteiger partial charge is 0.377 e. The van der Waals surface area contributed by atoms with Crippen molar-refractivity contribution in [3.8, 4) is 17.2 Å². The molecule has 5 aromatic rings. The quantitative estimate of drug-likeness (QED) is 0.255. The Kier molecular flexibility index (Phi) is 7.86. The minimum atomic E-state index is -4.14. The number of rotatable bonds is 8. The van der Waals surface area contributed by atoms with Gasteiger partial charge < -0.3 is 14.9 Å². The summed E-state index contributed by atoms with van der Waals surface area (Å²) in [7, 11) is 0. The number of halogens is 4. The van der Waals surface area contributed by atoms with Crippen LogP contribution in [0.15, 0.2) is 85.5 Å². The molecule has 0 spiro atoms. The van der Waals surface area contributed by atoms with Crippen LogP contribution in [-0.2, 0) is 18.1 Å². The molecule has 0 radical (unpaired) electrons. The van der Waals surface area contributed by atoms with E-state index in [1.54, 1.807) is 12.3 Å². The SMILES string of the molecule is N#Cc1ccc(N2CCN(c3ccc(-c4ccc(C(F)(F)C(O)(Cn5cnnn5)c5ccc(F)cc5F)nc4)cc3)CC2)nc1. The lowest BCUT2D eigenvalue weighted by Crippen LogP contribution is -2.48. The Labute approximate surface area is 254 Å². The minimum absolute atomic E-state index is 0.419. The molecule has 1 atom stereocenters. The molecule has 14 heteroatoms. The van der Waals surface area contributed by atoms with E-state index in [0.29, 0.717) is 17.2 Å². The number of pyridine rings is 2. The van der Waals surface area contributed by atoms with E-state index in [4.69, 9.17) is 5.26 Å². The highest BCUT2D eigenvalue weighted by Gasteiger charge is 2.58. The topological polar surface area (TPSA) is 120 Å². The first-order valence-corrected chi connectivity index (χ1v) is 13.9. The van der Waals surface area contributed by atoms with Crippen LogP contribution in [0.4, 0.5) is 29.1 Å². The lowest BCUT2D eigenvalue weighted by Gasteiger charge is -2.36. The molecule has 45 heavy (non-hydrogen) atoms. The van der Waals surface area contributed by atoms with Gasteiger partial charge in [-0.15, -0.1) is 5.10 Å². The third-order valence-corrected chi connectivity index (χ3v) is 7.81. The van der Waals surface area contributed by atoms with Gasteiger partial charge in [0, 0.05) is 61.5 Å². The number of tetrazole rings is 1. The fourth-order valence-electron chi connectivity index (χ4n) is 5.33. The molecule has 1 unspecified atom stereocenters. The molecule has 10 nitrogen and oxygen atoms in total. The predicted molar refractivity (Wildman–Crippen MR) is 155 cm³/mol. The van der Waals surface area contributed by atoms with Crippen LogP contribution < -0.4 is 9.80 Å². The first-order chi connectivity index (χ1) is 21.7. The second-order valence-corrected chi connectivity index (χ2v) is 10.5. The van der Waals surface area contributed by atoms with Crippen molar-refractivity contribution < 1.29 is 22.7 Å². The smallest absolute Gasteiger partial charge is 0.323 e. The van der Waals surface area contributed by atoms with Crippen molar-refractivity contribution in [1.29, 1.82) is 5.26 Å². The highest BCUT2D eigenvalue weighted by molar-refractivity contribution is 5.66. The van der Waals surface area contributed by atoms with Crippen LogP contribution in [0.3, 0.4) is 0 Å². The molecule has 3 aromatic heterocycles. The Morgan fingerprint density at radius 2 is 1.58 bits per heavy atom. The van der Waals surface area contributed by atoms with E-state index in [-0.39, 0.29) is 0 Å². The molecular formula is C31H25F4N9O. The highest BCUT2D eigenvalue weighted by Crippen LogP contribution is 2.47. The number of benzene rings is 2. The monoisotopic (exact) mass is 615 g/mol. The summed E-state index contributed by atoms with van der Waals surface area (Å²) in [6, 6.07) is 17.7. The van der Waals surface area contributed by atoms with Crippen LogP contribution in [0.1, 0.15) is 16.8 Å². The summed E-state index contributed by atoms with van der Waals surface area (Å²) < 4.78 is 61.3. The molecule has 4 heterocycles. The molecule has 2 aromatic carbocycles. The van der Waals surface area contributed by atoms with Gasteiger partial charge in [-0.1, -0.05) is 18.2 Å². The van der Waals surface area contributed by atoms with Crippen molar-refractivity contribution in [1.82, 2.24) is 30.2 Å². The predicted octanol–water partition coefficient (Wildman–Crippen LogP) is 4.29. The van der Waals surface area contributed by atoms with Crippen molar-refractivity contribution in [3.05, 3.63) is 114 Å². The summed E-state index contributed by atoms with van der Waals surface area (Å²) in [6.45, 7) is 2.09. The molecule has 1 fully saturated rings. The first kappa shape index (κ1) is 29.6. The number of piperazine rings is 1. The van der Waals surface area contributed by atoms with Crippen molar-refractivity contribution in [3.63, 3.8) is 0 Å². The molecule has 1 saturated heterocycles. The normalized spacial score (nSPS) is 15.0. The van der Waals surface area contributed by atoms with Crippen molar-refractivity contribution in [2.75, 3.05) is 36.0 Å². The van der Waals surface area contributed by atoms with E-state index >= 15 is 8.78 Å². The van der Waals surface area contributed by atoms with Gasteiger partial charge >= 0.3 is 5.92 Å². The van der Waals surface area contributed by atoms with Gasteiger partial charge in [0.1, 0.15) is 35.5 Å². The van der Waals surface area contributed by atoms with Crippen LogP contribution in [0, 0.1) is 23.0 Å². The zero-order valence-electron chi connectivity index (χ0n) is 23.6. The van der Waals surface area contributed by atoms with Crippen molar-refractivity contribution in [2.24, 2.45) is 0 Å². The number of nitriles is 1. The van der Waals surface area contributed by atoms with Gasteiger partial charge in [0.05, 0.1) is 12.1 Å². The summed E-state index contributed by atoms with van der Waals surface area (Å²) >= 11 is 0. The Balaban J connectivity index is 1.18. The highest BCUT2D eigenvalue weighted by atomic mass is 19.3. The van der Waals surface area contributed by atoms with E-state index in [1.807, 2.05) is 30.3 Å². The summed E-state index contributed by atoms with van der Waals surface area (Å²) in [5.41, 5.74) is -2.08. The maximum absolute atomic E-state index is 16.0. The van der Waals surface area contributed by atoms with Gasteiger partial charge in [0.15, 0.2) is 5.60 Å². The molecule has 1 aliphatic heterocycles. The maximum atomic E-state index is 16.0. The van der Waals surface area contributed by atoms with Crippen molar-refractivity contribution in [2.45, 2.75) is 18.1 Å². The summed E-state index contributed by atoms with van der Waals surface area (Å²) in [5.74, 6) is -5.66. The lowest BCUT2D eigenvalue weighted by atomic mass is 9.84. The number of alkyl halides is 2. The Morgan fingerprint density at radius 1 is 0.844 bits per heavy atom. The summed E-state index contributed by atoms with van der Waals surface area (Å²) in [6.07, 6.45) is 3.81. The van der Waals surface area contributed by atoms with E-state index in [1.165, 1.54) is 12.3 Å². The average Bonchev–Trinajstić information content (AvgIpc) is 3.58. The van der Waals surface area contributed by atoms with E-state index < -0.39 is 41.0 Å². The van der Waals surface area contributed by atoms with Crippen molar-refractivity contribution >= 4 is 11.5 Å². The van der Waals surface area contributed by atoms with Crippen LogP contribution in [0.2, 0.25) is 0 Å². The molecule has 1 aliphatic rings. The summed E-state index contributed by atoms with van der Waals surface area (Å²) in [5, 5.41) is 30.6. The Hall–Kier alpha value is -5.42. The zero-order valence-corrected chi connectivity index (χ0v) is 23.6. The number of hydrogen-bond acceptors (Lipinski definition) is 9. The van der Waals surface area contributed by atoms with Gasteiger partial charge in [-0.05, 0) is 58.5 Å². The van der Waals surface area contributed by atoms with Gasteiger partial charge in [-0.3, -0.25) is 4.98 Å². The van der Waals surface area contributed by atoms with Crippen LogP contribution >= 0.6 is 0 Å². The molecule has 0 bridgehead atoms. The van der Waals surface area contributed by atoms with Gasteiger partial charge in [-0.25, -0.2) is 18.4 Å². The number of aliphatic hydroxyl groups is 1. The van der Waals surface area contributed by atoms with E-state index in [2.05, 4.69) is 41.4 Å². The molecule has 6 rings (SSSR count). The minimum Gasteiger partial charge on any atom is -0.377 e. The van der Waals surface area contributed by atoms with Gasteiger partial charge in [0.2, 0.25) is 0 Å². The van der Waals surface area contributed by atoms with Gasteiger partial charge in [0.25, 0.3) is 0 Å². The third kappa shape index (κ3) is 5.77. The number of hydrogen-bond donors (Lipinski definition) is 1. The molecule has 228 valence electrons. The van der Waals surface area contributed by atoms with Gasteiger partial charge in [-0.2, -0.15) is 14.0 Å². The average molecular weight is 616 g/mol. The van der Waals surface area contributed by atoms with E-state index in [9.17, 15) is 13.9 Å². The van der Waals surface area contributed by atoms with Crippen LogP contribution in [-0.4, -0.2) is 61.5 Å². The second-order valence-electron chi connectivity index (χ2n) is 10.5. The third-order valence-electron chi connectivity index (χ3n) is 7.81. The molecule has 0 aliphatic carbocycles. The molecule has 0 amide bonds. The molecular weight excluding hydrogens is 590 g/mol. The Bertz CT molecular complexity index is 1800. The first-order valence-electron chi connectivity index (χ1n) is 13.9. The Morgan fingerprint density at radius 3 is 2.18 bits per heavy atom. The lowest BCUT2D eigenvalue weighted by molar-refractivity contribution is -0.207. The standard InChI is InChI=1S/C31H25F4N9O/c32-24-5-8-26(27(33)15-24)30(45,19-44-20-39-40-41-44)31(34,35)28-9-4-23(18-37-28)22-2-6-25(7-3-22)42-11-13-43(14-12-42)29-10-1-21(16-36)17-38-29/h1-10,15,17-18,20,45H,11-14,19H2. The summed E-state index contributed by atoms with van der Waals surface area (Å²) in [4.78, 5) is 12.7. The van der Waals surface area contributed by atoms with Crippen LogP contribution in [0.5, 0.6) is 0 Å². The fourth-order valence-corrected chi connectivity index (χ4v) is 5.33. The number of nitrogens with zero attached hydrogens (tertiary/aromatic N) is 9. The second kappa shape index (κ2) is 11.9.